The van der Waals surface area contributed by atoms with Gasteiger partial charge in [-0.25, -0.2) is 14.0 Å². The molecule has 0 radical (unpaired) electrons. The fraction of sp³-hybridized carbons (Fsp3) is 0.235. The highest BCUT2D eigenvalue weighted by Crippen LogP contribution is 2.41. The quantitative estimate of drug-likeness (QED) is 0.156. The van der Waals surface area contributed by atoms with Crippen LogP contribution in [-0.2, 0) is 22.2 Å². The van der Waals surface area contributed by atoms with E-state index in [-0.39, 0.29) is 12.1 Å². The summed E-state index contributed by atoms with van der Waals surface area (Å²) in [7, 11) is 2.76. The Hall–Kier alpha value is -4.86. The second kappa shape index (κ2) is 12.0. The van der Waals surface area contributed by atoms with Crippen LogP contribution in [0.25, 0.3) is 22.3 Å². The normalized spacial score (nSPS) is 16.5. The number of amides is 1. The number of hydrogen-bond donors (Lipinski definition) is 0. The summed E-state index contributed by atoms with van der Waals surface area (Å²) in [5.41, 5.74) is 3.43. The number of hydrogen-bond acceptors (Lipinski definition) is 5. The maximum absolute atomic E-state index is 13.9. The maximum Gasteiger partial charge on any atom is 0.416 e. The number of rotatable bonds is 7. The minimum Gasteiger partial charge on any atom is -0.496 e. The second-order valence-corrected chi connectivity index (χ2v) is 10.5. The predicted molar refractivity (Wildman–Crippen MR) is 156 cm³/mol. The third-order valence-electron chi connectivity index (χ3n) is 7.79. The summed E-state index contributed by atoms with van der Waals surface area (Å²) >= 11 is 0. The average molecular weight is 608 g/mol. The first-order chi connectivity index (χ1) is 20.9. The summed E-state index contributed by atoms with van der Waals surface area (Å²) in [6.45, 7) is 3.34. The van der Waals surface area contributed by atoms with E-state index < -0.39 is 41.8 Å². The van der Waals surface area contributed by atoms with Crippen LogP contribution in [0.15, 0.2) is 78.9 Å². The summed E-state index contributed by atoms with van der Waals surface area (Å²) in [6.07, 6.45) is -6.16. The molecule has 0 unspecified atom stereocenters. The summed E-state index contributed by atoms with van der Waals surface area (Å²) in [5.74, 6) is -0.557. The van der Waals surface area contributed by atoms with Crippen molar-refractivity contribution in [2.75, 3.05) is 14.2 Å². The fourth-order valence-corrected chi connectivity index (χ4v) is 5.51. The number of halogens is 4. The van der Waals surface area contributed by atoms with Crippen molar-refractivity contribution in [3.05, 3.63) is 112 Å². The molecule has 0 spiro atoms. The Balaban J connectivity index is 1.58. The Kier molecular flexibility index (Phi) is 8.36. The lowest BCUT2D eigenvalue weighted by Gasteiger charge is -2.24. The summed E-state index contributed by atoms with van der Waals surface area (Å²) in [4.78, 5) is 26.4. The van der Waals surface area contributed by atoms with Crippen LogP contribution < -0.4 is 4.74 Å². The van der Waals surface area contributed by atoms with Crippen molar-refractivity contribution in [2.24, 2.45) is 0 Å². The molecule has 4 aromatic carbocycles. The molecule has 228 valence electrons. The van der Waals surface area contributed by atoms with Crippen molar-refractivity contribution in [1.29, 1.82) is 0 Å². The molecule has 2 atom stereocenters. The minimum absolute atomic E-state index is 0.203. The Bertz CT molecular complexity index is 1740. The molecule has 10 heteroatoms. The molecule has 0 bridgehead atoms. The number of aryl methyl sites for hydroxylation is 1. The molecule has 0 N–H and O–H groups in total. The van der Waals surface area contributed by atoms with Crippen LogP contribution in [0.1, 0.15) is 45.6 Å². The standard InChI is InChI=1S/C34H29F4NO5/c1-19-14-23(32(40)43-4)8-11-27(19)21-9-13-30(42-3)29(17-21)28-12-10-25(34(36,37)38)15-24(28)18-39-20(2)31(44-33(39)41)22-6-5-7-26(35)16-22/h5-17,20,31H,18H2,1-4H3/t20-,31-/m0/s1. The van der Waals surface area contributed by atoms with Crippen molar-refractivity contribution < 1.29 is 41.4 Å². The summed E-state index contributed by atoms with van der Waals surface area (Å²) in [6, 6.07) is 18.9. The Morgan fingerprint density at radius 2 is 1.68 bits per heavy atom. The summed E-state index contributed by atoms with van der Waals surface area (Å²) in [5, 5.41) is 0. The monoisotopic (exact) mass is 607 g/mol. The fourth-order valence-electron chi connectivity index (χ4n) is 5.51. The van der Waals surface area contributed by atoms with Crippen LogP contribution in [-0.4, -0.2) is 37.2 Å². The molecule has 0 aromatic heterocycles. The molecule has 6 nitrogen and oxygen atoms in total. The van der Waals surface area contributed by atoms with Gasteiger partial charge in [-0.15, -0.1) is 0 Å². The average Bonchev–Trinajstić information content (AvgIpc) is 3.28. The molecule has 1 amide bonds. The minimum atomic E-state index is -4.63. The molecule has 0 aliphatic carbocycles. The van der Waals surface area contributed by atoms with Gasteiger partial charge in [0.05, 0.1) is 37.9 Å². The lowest BCUT2D eigenvalue weighted by atomic mass is 9.91. The van der Waals surface area contributed by atoms with Crippen LogP contribution in [0.5, 0.6) is 5.75 Å². The molecule has 1 aliphatic rings. The van der Waals surface area contributed by atoms with Gasteiger partial charge in [0, 0.05) is 5.56 Å². The first-order valence-electron chi connectivity index (χ1n) is 13.7. The van der Waals surface area contributed by atoms with Gasteiger partial charge in [-0.1, -0.05) is 30.3 Å². The zero-order chi connectivity index (χ0) is 31.8. The molecule has 0 saturated carbocycles. The van der Waals surface area contributed by atoms with E-state index in [0.717, 1.165) is 28.8 Å². The number of carbonyl (C=O) groups excluding carboxylic acids is 2. The van der Waals surface area contributed by atoms with Crippen LogP contribution in [0.4, 0.5) is 22.4 Å². The van der Waals surface area contributed by atoms with E-state index in [1.165, 1.54) is 43.4 Å². The van der Waals surface area contributed by atoms with Crippen molar-refractivity contribution >= 4 is 12.1 Å². The molecule has 1 saturated heterocycles. The highest BCUT2D eigenvalue weighted by Gasteiger charge is 2.40. The highest BCUT2D eigenvalue weighted by molar-refractivity contribution is 5.91. The Morgan fingerprint density at radius 3 is 2.34 bits per heavy atom. The number of nitrogens with zero attached hydrogens (tertiary/aromatic N) is 1. The van der Waals surface area contributed by atoms with Gasteiger partial charge in [-0.3, -0.25) is 4.90 Å². The third-order valence-corrected chi connectivity index (χ3v) is 7.79. The van der Waals surface area contributed by atoms with Crippen LogP contribution in [0.2, 0.25) is 0 Å². The van der Waals surface area contributed by atoms with Gasteiger partial charge in [0.1, 0.15) is 17.7 Å². The van der Waals surface area contributed by atoms with Crippen LogP contribution >= 0.6 is 0 Å². The maximum atomic E-state index is 13.9. The highest BCUT2D eigenvalue weighted by atomic mass is 19.4. The molecule has 4 aromatic rings. The van der Waals surface area contributed by atoms with Gasteiger partial charge in [-0.2, -0.15) is 13.2 Å². The number of esters is 1. The van der Waals surface area contributed by atoms with Crippen LogP contribution in [0.3, 0.4) is 0 Å². The summed E-state index contributed by atoms with van der Waals surface area (Å²) < 4.78 is 71.5. The number of carbonyl (C=O) groups is 2. The largest absolute Gasteiger partial charge is 0.496 e. The lowest BCUT2D eigenvalue weighted by Crippen LogP contribution is -2.31. The molecule has 44 heavy (non-hydrogen) atoms. The molecule has 1 fully saturated rings. The molecular weight excluding hydrogens is 578 g/mol. The van der Waals surface area contributed by atoms with E-state index in [1.807, 2.05) is 13.0 Å². The molecular formula is C34H29F4NO5. The Morgan fingerprint density at radius 1 is 0.932 bits per heavy atom. The smallest absolute Gasteiger partial charge is 0.416 e. The number of ether oxygens (including phenoxy) is 3. The van der Waals surface area contributed by atoms with Crippen LogP contribution in [0, 0.1) is 12.7 Å². The zero-order valence-electron chi connectivity index (χ0n) is 24.4. The number of methoxy groups -OCH3 is 2. The van der Waals surface area contributed by atoms with Crippen molar-refractivity contribution in [1.82, 2.24) is 4.90 Å². The third kappa shape index (κ3) is 5.97. The van der Waals surface area contributed by atoms with Gasteiger partial charge in [0.2, 0.25) is 0 Å². The predicted octanol–water partition coefficient (Wildman–Crippen LogP) is 8.36. The topological polar surface area (TPSA) is 65.1 Å². The SMILES string of the molecule is COC(=O)c1ccc(-c2ccc(OC)c(-c3ccc(C(F)(F)F)cc3CN3C(=O)O[C@H](c4cccc(F)c4)[C@@H]3C)c2)c(C)c1. The van der Waals surface area contributed by atoms with Gasteiger partial charge in [0.15, 0.2) is 0 Å². The lowest BCUT2D eigenvalue weighted by molar-refractivity contribution is -0.137. The molecule has 5 rings (SSSR count). The number of cyclic esters (lactones) is 1. The van der Waals surface area contributed by atoms with Crippen molar-refractivity contribution in [3.63, 3.8) is 0 Å². The zero-order valence-corrected chi connectivity index (χ0v) is 24.4. The van der Waals surface area contributed by atoms with Gasteiger partial charge >= 0.3 is 18.2 Å². The second-order valence-electron chi connectivity index (χ2n) is 10.5. The number of benzene rings is 4. The van der Waals surface area contributed by atoms with E-state index in [9.17, 15) is 27.2 Å². The van der Waals surface area contributed by atoms with E-state index in [4.69, 9.17) is 14.2 Å². The molecule has 1 aliphatic heterocycles. The van der Waals surface area contributed by atoms with E-state index in [1.54, 1.807) is 43.3 Å². The Labute approximate surface area is 251 Å². The van der Waals surface area contributed by atoms with Crippen molar-refractivity contribution in [3.8, 4) is 28.0 Å². The van der Waals surface area contributed by atoms with E-state index >= 15 is 0 Å². The first kappa shape index (κ1) is 30.6. The molecule has 1 heterocycles. The van der Waals surface area contributed by atoms with E-state index in [0.29, 0.717) is 28.0 Å². The van der Waals surface area contributed by atoms with Crippen molar-refractivity contribution in [2.45, 2.75) is 38.7 Å². The first-order valence-corrected chi connectivity index (χ1v) is 13.7. The van der Waals surface area contributed by atoms with Gasteiger partial charge in [0.25, 0.3) is 0 Å². The van der Waals surface area contributed by atoms with E-state index in [2.05, 4.69) is 0 Å². The number of alkyl halides is 3. The van der Waals surface area contributed by atoms with Gasteiger partial charge in [-0.05, 0) is 95.8 Å². The van der Waals surface area contributed by atoms with Gasteiger partial charge < -0.3 is 14.2 Å².